The molecule has 1 aliphatic rings. The number of alkyl halides is 3. The maximum Gasteiger partial charge on any atom is 0.416 e. The molecule has 154 valence electrons. The molecule has 2 amide bonds. The van der Waals surface area contributed by atoms with Gasteiger partial charge in [0.15, 0.2) is 0 Å². The van der Waals surface area contributed by atoms with E-state index in [1.807, 2.05) is 0 Å². The third-order valence-electron chi connectivity index (χ3n) is 4.41. The highest BCUT2D eigenvalue weighted by molar-refractivity contribution is 6.43. The Bertz CT molecular complexity index is 977. The molecule has 1 aliphatic heterocycles. The summed E-state index contributed by atoms with van der Waals surface area (Å²) in [6.07, 6.45) is -3.23. The van der Waals surface area contributed by atoms with Crippen molar-refractivity contribution in [1.82, 2.24) is 9.88 Å². The second kappa shape index (κ2) is 7.36. The van der Waals surface area contributed by atoms with E-state index in [0.717, 1.165) is 12.1 Å². The van der Waals surface area contributed by atoms with Crippen LogP contribution >= 0.6 is 0 Å². The number of carbonyl (C=O) groups is 3. The fourth-order valence-corrected chi connectivity index (χ4v) is 2.83. The monoisotopic (exact) mass is 409 g/mol. The first-order valence-electron chi connectivity index (χ1n) is 8.58. The van der Waals surface area contributed by atoms with E-state index in [1.54, 1.807) is 6.92 Å². The highest BCUT2D eigenvalue weighted by atomic mass is 19.4. The number of anilines is 1. The molecule has 0 radical (unpaired) electrons. The summed E-state index contributed by atoms with van der Waals surface area (Å²) in [5, 5.41) is 4.94. The summed E-state index contributed by atoms with van der Waals surface area (Å²) >= 11 is 0. The Morgan fingerprint density at radius 3 is 2.45 bits per heavy atom. The molecule has 7 nitrogen and oxygen atoms in total. The van der Waals surface area contributed by atoms with Crippen molar-refractivity contribution in [1.29, 1.82) is 0 Å². The number of ketones is 1. The van der Waals surface area contributed by atoms with Crippen LogP contribution in [0.2, 0.25) is 0 Å². The van der Waals surface area contributed by atoms with Gasteiger partial charge in [0.2, 0.25) is 0 Å². The molecule has 29 heavy (non-hydrogen) atoms. The summed E-state index contributed by atoms with van der Waals surface area (Å²) in [7, 11) is 1.48. The molecule has 0 unspecified atom stereocenters. The molecule has 3 rings (SSSR count). The van der Waals surface area contributed by atoms with Crippen molar-refractivity contribution in [2.24, 2.45) is 7.05 Å². The molecule has 0 aliphatic carbocycles. The Morgan fingerprint density at radius 1 is 1.17 bits per heavy atom. The zero-order valence-corrected chi connectivity index (χ0v) is 15.6. The van der Waals surface area contributed by atoms with Crippen LogP contribution in [0.4, 0.5) is 18.9 Å². The van der Waals surface area contributed by atoms with Crippen LogP contribution in [0.3, 0.4) is 0 Å². The number of hydrogen-bond acceptors (Lipinski definition) is 4. The number of halogens is 3. The first kappa shape index (κ1) is 20.6. The number of aryl methyl sites for hydroxylation is 1. The highest BCUT2D eigenvalue weighted by Crippen LogP contribution is 2.30. The average Bonchev–Trinajstić information content (AvgIpc) is 3.01. The zero-order valence-electron chi connectivity index (χ0n) is 15.6. The molecule has 1 fully saturated rings. The fourth-order valence-electron chi connectivity index (χ4n) is 2.83. The van der Waals surface area contributed by atoms with Gasteiger partial charge >= 0.3 is 6.18 Å². The molecule has 0 bridgehead atoms. The minimum Gasteiger partial charge on any atom is -0.376 e. The summed E-state index contributed by atoms with van der Waals surface area (Å²) in [5.41, 5.74) is -1.55. The van der Waals surface area contributed by atoms with Gasteiger partial charge < -0.3 is 19.9 Å². The van der Waals surface area contributed by atoms with Crippen LogP contribution < -0.4 is 10.6 Å². The molecule has 2 aromatic rings. The van der Waals surface area contributed by atoms with Gasteiger partial charge in [0, 0.05) is 24.5 Å². The van der Waals surface area contributed by atoms with Crippen LogP contribution in [-0.4, -0.2) is 40.9 Å². The van der Waals surface area contributed by atoms with Crippen LogP contribution in [0.1, 0.15) is 33.3 Å². The van der Waals surface area contributed by atoms with E-state index in [1.165, 1.54) is 36.0 Å². The van der Waals surface area contributed by atoms with Crippen molar-refractivity contribution in [3.05, 3.63) is 53.3 Å². The van der Waals surface area contributed by atoms with Crippen molar-refractivity contribution < 1.29 is 32.3 Å². The lowest BCUT2D eigenvalue weighted by Gasteiger charge is -2.38. The van der Waals surface area contributed by atoms with Crippen LogP contribution in [0.5, 0.6) is 0 Å². The predicted molar refractivity (Wildman–Crippen MR) is 96.5 cm³/mol. The van der Waals surface area contributed by atoms with Crippen molar-refractivity contribution in [3.63, 3.8) is 0 Å². The average molecular weight is 409 g/mol. The Morgan fingerprint density at radius 2 is 1.86 bits per heavy atom. The van der Waals surface area contributed by atoms with Crippen LogP contribution in [0.15, 0.2) is 36.5 Å². The number of ether oxygens (including phenoxy) is 1. The van der Waals surface area contributed by atoms with E-state index in [4.69, 9.17) is 4.74 Å². The van der Waals surface area contributed by atoms with E-state index in [0.29, 0.717) is 13.2 Å². The van der Waals surface area contributed by atoms with Gasteiger partial charge in [-0.3, -0.25) is 14.4 Å². The molecule has 2 N–H and O–H groups in total. The van der Waals surface area contributed by atoms with Gasteiger partial charge in [-0.2, -0.15) is 13.2 Å². The molecule has 10 heteroatoms. The molecule has 1 aromatic heterocycles. The minimum atomic E-state index is -4.54. The van der Waals surface area contributed by atoms with Crippen molar-refractivity contribution in [2.75, 3.05) is 18.5 Å². The standard InChI is InChI=1S/C19H18F3N3O4/c1-18(9-29-10-18)24-17(28)15(26)11-6-14(25(2)8-11)16(27)23-13-5-3-4-12(7-13)19(20,21)22/h3-8H,9-10H2,1-2H3,(H,23,27)(H,24,28). The number of Topliss-reactive ketones (excluding diaryl/α,β-unsaturated/α-hetero) is 1. The largest absolute Gasteiger partial charge is 0.416 e. The molecule has 2 heterocycles. The molecule has 0 saturated carbocycles. The highest BCUT2D eigenvalue weighted by Gasteiger charge is 2.37. The minimum absolute atomic E-state index is 0.0109. The lowest BCUT2D eigenvalue weighted by molar-refractivity contribution is -0.137. The van der Waals surface area contributed by atoms with Crippen LogP contribution in [0.25, 0.3) is 0 Å². The maximum absolute atomic E-state index is 12.8. The van der Waals surface area contributed by atoms with Crippen molar-refractivity contribution >= 4 is 23.3 Å². The Kier molecular flexibility index (Phi) is 5.22. The van der Waals surface area contributed by atoms with Gasteiger partial charge in [0.1, 0.15) is 5.69 Å². The lowest BCUT2D eigenvalue weighted by Crippen LogP contribution is -2.61. The van der Waals surface area contributed by atoms with Crippen LogP contribution in [-0.2, 0) is 22.8 Å². The number of nitrogens with zero attached hydrogens (tertiary/aromatic N) is 1. The Labute approximate surface area is 163 Å². The van der Waals surface area contributed by atoms with Gasteiger partial charge in [-0.05, 0) is 31.2 Å². The third kappa shape index (κ3) is 4.48. The second-order valence-corrected chi connectivity index (χ2v) is 7.09. The smallest absolute Gasteiger partial charge is 0.376 e. The first-order valence-corrected chi connectivity index (χ1v) is 8.58. The molecular weight excluding hydrogens is 391 g/mol. The molecule has 1 saturated heterocycles. The van der Waals surface area contributed by atoms with Gasteiger partial charge in [0.05, 0.1) is 24.3 Å². The Balaban J connectivity index is 1.73. The molecular formula is C19H18F3N3O4. The van der Waals surface area contributed by atoms with Crippen LogP contribution in [0, 0.1) is 0 Å². The SMILES string of the molecule is Cn1cc(C(=O)C(=O)NC2(C)COC2)cc1C(=O)Nc1cccc(C(F)(F)F)c1. The van der Waals surface area contributed by atoms with Gasteiger partial charge in [-0.25, -0.2) is 0 Å². The summed E-state index contributed by atoms with van der Waals surface area (Å²) in [6, 6.07) is 5.40. The number of rotatable bonds is 5. The van der Waals surface area contributed by atoms with Gasteiger partial charge in [0.25, 0.3) is 17.6 Å². The van der Waals surface area contributed by atoms with Crippen molar-refractivity contribution in [3.8, 4) is 0 Å². The number of aromatic nitrogens is 1. The summed E-state index contributed by atoms with van der Waals surface area (Å²) in [5.74, 6) is -2.37. The van der Waals surface area contributed by atoms with E-state index in [-0.39, 0.29) is 16.9 Å². The van der Waals surface area contributed by atoms with Crippen molar-refractivity contribution in [2.45, 2.75) is 18.6 Å². The fraction of sp³-hybridized carbons (Fsp3) is 0.316. The number of carbonyl (C=O) groups excluding carboxylic acids is 3. The topological polar surface area (TPSA) is 89.4 Å². The lowest BCUT2D eigenvalue weighted by atomic mass is 10.00. The summed E-state index contributed by atoms with van der Waals surface area (Å²) in [6.45, 7) is 2.33. The number of nitrogens with one attached hydrogen (secondary N) is 2. The first-order chi connectivity index (χ1) is 13.5. The Hall–Kier alpha value is -3.14. The van der Waals surface area contributed by atoms with E-state index in [2.05, 4.69) is 10.6 Å². The van der Waals surface area contributed by atoms with E-state index >= 15 is 0 Å². The number of hydrogen-bond donors (Lipinski definition) is 2. The molecule has 1 aromatic carbocycles. The quantitative estimate of drug-likeness (QED) is 0.586. The zero-order chi connectivity index (χ0) is 21.4. The second-order valence-electron chi connectivity index (χ2n) is 7.09. The van der Waals surface area contributed by atoms with Gasteiger partial charge in [-0.15, -0.1) is 0 Å². The predicted octanol–water partition coefficient (Wildman–Crippen LogP) is 2.38. The van der Waals surface area contributed by atoms with Gasteiger partial charge in [-0.1, -0.05) is 6.07 Å². The third-order valence-corrected chi connectivity index (χ3v) is 4.41. The molecule has 0 spiro atoms. The summed E-state index contributed by atoms with van der Waals surface area (Å²) in [4.78, 5) is 36.9. The summed E-state index contributed by atoms with van der Waals surface area (Å²) < 4.78 is 44.8. The number of benzene rings is 1. The molecule has 0 atom stereocenters. The number of amides is 2. The maximum atomic E-state index is 12.8. The van der Waals surface area contributed by atoms with E-state index < -0.39 is 34.9 Å². The van der Waals surface area contributed by atoms with E-state index in [9.17, 15) is 27.6 Å². The normalized spacial score (nSPS) is 15.3.